The van der Waals surface area contributed by atoms with Gasteiger partial charge in [-0.3, -0.25) is 14.9 Å². The summed E-state index contributed by atoms with van der Waals surface area (Å²) >= 11 is 0. The van der Waals surface area contributed by atoms with E-state index in [9.17, 15) is 32.5 Å². The van der Waals surface area contributed by atoms with Crippen LogP contribution < -0.4 is 15.5 Å². The van der Waals surface area contributed by atoms with Gasteiger partial charge in [-0.2, -0.15) is 13.2 Å². The second-order valence-corrected chi connectivity index (χ2v) is 8.92. The van der Waals surface area contributed by atoms with Gasteiger partial charge < -0.3 is 15.5 Å². The highest BCUT2D eigenvalue weighted by Crippen LogP contribution is 2.41. The molecule has 0 radical (unpaired) electrons. The molecule has 2 atom stereocenters. The molecule has 1 aromatic carbocycles. The third-order valence-electron chi connectivity index (χ3n) is 6.69. The summed E-state index contributed by atoms with van der Waals surface area (Å²) < 4.78 is 52.7. The van der Waals surface area contributed by atoms with Crippen molar-refractivity contribution in [2.75, 3.05) is 29.9 Å². The van der Waals surface area contributed by atoms with Crippen LogP contribution in [0.1, 0.15) is 56.3 Å². The molecule has 3 rings (SSSR count). The Bertz CT molecular complexity index is 872. The molecule has 1 heterocycles. The van der Waals surface area contributed by atoms with E-state index in [-0.39, 0.29) is 42.2 Å². The number of rotatable bonds is 7. The van der Waals surface area contributed by atoms with Crippen molar-refractivity contribution in [1.29, 1.82) is 0 Å². The van der Waals surface area contributed by atoms with Gasteiger partial charge in [-0.25, -0.2) is 4.39 Å². The number of halogens is 4. The van der Waals surface area contributed by atoms with Gasteiger partial charge in [0, 0.05) is 31.7 Å². The maximum Gasteiger partial charge on any atom is 0.391 e. The fourth-order valence-corrected chi connectivity index (χ4v) is 4.79. The zero-order valence-corrected chi connectivity index (χ0v) is 18.8. The number of nitrogens with zero attached hydrogens (tertiary/aromatic N) is 2. The van der Waals surface area contributed by atoms with Crippen molar-refractivity contribution in [1.82, 2.24) is 5.32 Å². The Balaban J connectivity index is 1.82. The zero-order chi connectivity index (χ0) is 24.3. The number of anilines is 2. The summed E-state index contributed by atoms with van der Waals surface area (Å²) in [5, 5.41) is 17.4. The number of carbonyl (C=O) groups is 1. The largest absolute Gasteiger partial charge is 0.391 e. The molecule has 2 N–H and O–H groups in total. The summed E-state index contributed by atoms with van der Waals surface area (Å²) in [4.78, 5) is 25.9. The molecule has 1 saturated carbocycles. The maximum absolute atomic E-state index is 13.9. The Morgan fingerprint density at radius 1 is 1.24 bits per heavy atom. The minimum Gasteiger partial charge on any atom is -0.380 e. The fraction of sp³-hybridized carbons (Fsp3) is 0.682. The predicted molar refractivity (Wildman–Crippen MR) is 117 cm³/mol. The van der Waals surface area contributed by atoms with Gasteiger partial charge in [-0.05, 0) is 57.9 Å². The van der Waals surface area contributed by atoms with Crippen molar-refractivity contribution in [2.24, 2.45) is 11.8 Å². The molecule has 184 valence electrons. The number of nitro benzene ring substituents is 1. The molecule has 7 nitrogen and oxygen atoms in total. The number of nitrogens with one attached hydrogen (secondary N) is 2. The van der Waals surface area contributed by atoms with Gasteiger partial charge in [0.05, 0.1) is 22.1 Å². The van der Waals surface area contributed by atoms with Crippen molar-refractivity contribution in [3.05, 3.63) is 27.8 Å². The molecule has 1 amide bonds. The fourth-order valence-electron chi connectivity index (χ4n) is 4.79. The number of amides is 1. The average molecular weight is 474 g/mol. The van der Waals surface area contributed by atoms with Gasteiger partial charge >= 0.3 is 6.18 Å². The second kappa shape index (κ2) is 10.1. The van der Waals surface area contributed by atoms with Gasteiger partial charge in [0.2, 0.25) is 0 Å². The number of nitro groups is 1. The van der Waals surface area contributed by atoms with Gasteiger partial charge in [-0.15, -0.1) is 0 Å². The maximum atomic E-state index is 13.9. The monoisotopic (exact) mass is 474 g/mol. The molecule has 1 aliphatic heterocycles. The molecule has 2 aliphatic rings. The first-order chi connectivity index (χ1) is 15.5. The highest BCUT2D eigenvalue weighted by molar-refractivity contribution is 6.02. The van der Waals surface area contributed by atoms with Crippen LogP contribution in [0.25, 0.3) is 0 Å². The highest BCUT2D eigenvalue weighted by atomic mass is 19.4. The number of hydrogen-bond acceptors (Lipinski definition) is 5. The van der Waals surface area contributed by atoms with Crippen molar-refractivity contribution in [2.45, 2.75) is 64.3 Å². The number of benzene rings is 1. The van der Waals surface area contributed by atoms with Crippen LogP contribution in [0.3, 0.4) is 0 Å². The predicted octanol–water partition coefficient (Wildman–Crippen LogP) is 5.06. The van der Waals surface area contributed by atoms with E-state index in [0.717, 1.165) is 0 Å². The van der Waals surface area contributed by atoms with E-state index < -0.39 is 35.1 Å². The molecule has 0 unspecified atom stereocenters. The number of carbonyl (C=O) groups excluding carboxylic acids is 1. The topological polar surface area (TPSA) is 87.5 Å². The van der Waals surface area contributed by atoms with E-state index in [1.54, 1.807) is 18.7 Å². The van der Waals surface area contributed by atoms with Gasteiger partial charge in [0.15, 0.2) is 0 Å². The molecule has 1 saturated heterocycles. The lowest BCUT2D eigenvalue weighted by Crippen LogP contribution is -2.41. The van der Waals surface area contributed by atoms with E-state index >= 15 is 0 Å². The average Bonchev–Trinajstić information content (AvgIpc) is 3.19. The van der Waals surface area contributed by atoms with Crippen LogP contribution in [0, 0.1) is 22.0 Å². The summed E-state index contributed by atoms with van der Waals surface area (Å²) in [5.74, 6) is -1.98. The van der Waals surface area contributed by atoms with E-state index in [2.05, 4.69) is 10.6 Å². The summed E-state index contributed by atoms with van der Waals surface area (Å²) in [5.41, 5.74) is 0.449. The molecule has 0 bridgehead atoms. The molecule has 0 aromatic heterocycles. The third-order valence-corrected chi connectivity index (χ3v) is 6.69. The van der Waals surface area contributed by atoms with Crippen molar-refractivity contribution >= 4 is 23.0 Å². The first-order valence-corrected chi connectivity index (χ1v) is 11.3. The van der Waals surface area contributed by atoms with E-state index in [0.29, 0.717) is 38.0 Å². The summed E-state index contributed by atoms with van der Waals surface area (Å²) in [7, 11) is 0. The first kappa shape index (κ1) is 25.0. The highest BCUT2D eigenvalue weighted by Gasteiger charge is 2.42. The zero-order valence-electron chi connectivity index (χ0n) is 18.8. The first-order valence-electron chi connectivity index (χ1n) is 11.3. The van der Waals surface area contributed by atoms with Crippen LogP contribution in [-0.4, -0.2) is 48.9 Å². The van der Waals surface area contributed by atoms with Crippen LogP contribution in [0.4, 0.5) is 34.6 Å². The van der Waals surface area contributed by atoms with E-state index in [4.69, 9.17) is 0 Å². The molecule has 11 heteroatoms. The lowest BCUT2D eigenvalue weighted by Gasteiger charge is -2.33. The van der Waals surface area contributed by atoms with Crippen molar-refractivity contribution < 1.29 is 27.3 Å². The minimum atomic E-state index is -4.20. The van der Waals surface area contributed by atoms with Gasteiger partial charge in [0.1, 0.15) is 11.9 Å². The molecular formula is C22H30F4N4O3. The quantitative estimate of drug-likeness (QED) is 0.328. The van der Waals surface area contributed by atoms with Crippen LogP contribution >= 0.6 is 0 Å². The number of hydrogen-bond donors (Lipinski definition) is 2. The standard InChI is InChI=1S/C22H30F4N4O3/c1-3-27-18-11-19(29-9-8-16(23)12-29)17(10-20(18)30(32)33)21(31)28-13(2)14-4-6-15(7-5-14)22(24,25)26/h10-11,13-16,27H,3-9,12H2,1-2H3,(H,28,31)/t13-,14?,15?,16-/m1/s1. The molecule has 1 aromatic rings. The molecule has 2 fully saturated rings. The van der Waals surface area contributed by atoms with Gasteiger partial charge in [0.25, 0.3) is 11.6 Å². The normalized spacial score (nSPS) is 24.4. The smallest absolute Gasteiger partial charge is 0.380 e. The van der Waals surface area contributed by atoms with Crippen LogP contribution in [0.15, 0.2) is 12.1 Å². The lowest BCUT2D eigenvalue weighted by atomic mass is 9.78. The minimum absolute atomic E-state index is 0.0220. The molecule has 1 aliphatic carbocycles. The molecular weight excluding hydrogens is 444 g/mol. The third kappa shape index (κ3) is 5.86. The Labute approximate surface area is 190 Å². The van der Waals surface area contributed by atoms with E-state index in [1.165, 1.54) is 12.1 Å². The van der Waals surface area contributed by atoms with Crippen LogP contribution in [0.2, 0.25) is 0 Å². The summed E-state index contributed by atoms with van der Waals surface area (Å²) in [6.45, 7) is 4.41. The Morgan fingerprint density at radius 3 is 2.42 bits per heavy atom. The number of alkyl halides is 4. The summed E-state index contributed by atoms with van der Waals surface area (Å²) in [6, 6.07) is 2.30. The van der Waals surface area contributed by atoms with Crippen LogP contribution in [-0.2, 0) is 0 Å². The van der Waals surface area contributed by atoms with Crippen molar-refractivity contribution in [3.8, 4) is 0 Å². The lowest BCUT2D eigenvalue weighted by molar-refractivity contribution is -0.384. The van der Waals surface area contributed by atoms with E-state index in [1.807, 2.05) is 0 Å². The Kier molecular flexibility index (Phi) is 7.69. The Morgan fingerprint density at radius 2 is 1.91 bits per heavy atom. The Hall–Kier alpha value is -2.59. The second-order valence-electron chi connectivity index (χ2n) is 8.92. The van der Waals surface area contributed by atoms with Crippen molar-refractivity contribution in [3.63, 3.8) is 0 Å². The van der Waals surface area contributed by atoms with Crippen LogP contribution in [0.5, 0.6) is 0 Å². The molecule has 33 heavy (non-hydrogen) atoms. The SMILES string of the molecule is CCNc1cc(N2CC[C@@H](F)C2)c(C(=O)N[C@H](C)C2CCC(C(F)(F)F)CC2)cc1[N+](=O)[O-]. The molecule has 0 spiro atoms. The van der Waals surface area contributed by atoms with Gasteiger partial charge in [-0.1, -0.05) is 0 Å². The summed E-state index contributed by atoms with van der Waals surface area (Å²) in [6.07, 6.45) is -4.23.